The first-order valence-corrected chi connectivity index (χ1v) is 8.06. The molecular formula is C17H26ClNO2. The zero-order valence-electron chi connectivity index (χ0n) is 13.2. The number of hydrogen-bond donors (Lipinski definition) is 1. The topological polar surface area (TPSA) is 30.5 Å². The fourth-order valence-corrected chi connectivity index (χ4v) is 2.67. The molecule has 1 unspecified atom stereocenters. The van der Waals surface area contributed by atoms with E-state index in [0.717, 1.165) is 43.2 Å². The number of ether oxygens (including phenoxy) is 2. The van der Waals surface area contributed by atoms with Gasteiger partial charge in [0.2, 0.25) is 0 Å². The van der Waals surface area contributed by atoms with E-state index in [1.807, 2.05) is 18.2 Å². The summed E-state index contributed by atoms with van der Waals surface area (Å²) >= 11 is 6.35. The van der Waals surface area contributed by atoms with Gasteiger partial charge in [-0.2, -0.15) is 0 Å². The zero-order chi connectivity index (χ0) is 15.3. The smallest absolute Gasteiger partial charge is 0.0967 e. The third-order valence-corrected chi connectivity index (χ3v) is 3.94. The molecule has 1 atom stereocenters. The summed E-state index contributed by atoms with van der Waals surface area (Å²) in [5.74, 6) is 0. The van der Waals surface area contributed by atoms with Gasteiger partial charge in [0, 0.05) is 35.9 Å². The molecular weight excluding hydrogens is 286 g/mol. The van der Waals surface area contributed by atoms with Crippen LogP contribution in [0.2, 0.25) is 5.02 Å². The first kappa shape index (κ1) is 16.8. The second-order valence-electron chi connectivity index (χ2n) is 6.59. The minimum atomic E-state index is -0.0268. The minimum Gasteiger partial charge on any atom is -0.381 e. The molecule has 1 aromatic carbocycles. The zero-order valence-corrected chi connectivity index (χ0v) is 14.0. The summed E-state index contributed by atoms with van der Waals surface area (Å²) in [7, 11) is 0. The van der Waals surface area contributed by atoms with E-state index in [1.54, 1.807) is 0 Å². The fraction of sp³-hybridized carbons (Fsp3) is 0.647. The maximum Gasteiger partial charge on any atom is 0.0967 e. The van der Waals surface area contributed by atoms with Crippen LogP contribution in [-0.2, 0) is 9.47 Å². The normalized spacial score (nSPS) is 18.7. The lowest BCUT2D eigenvalue weighted by atomic mass is 10.0. The molecule has 1 aliphatic rings. The van der Waals surface area contributed by atoms with Crippen LogP contribution >= 0.6 is 11.6 Å². The summed E-state index contributed by atoms with van der Waals surface area (Å²) in [5.41, 5.74) is 1.11. The molecule has 0 aliphatic carbocycles. The van der Waals surface area contributed by atoms with Gasteiger partial charge in [0.1, 0.15) is 0 Å². The summed E-state index contributed by atoms with van der Waals surface area (Å²) in [6.45, 7) is 8.80. The lowest BCUT2D eigenvalue weighted by Crippen LogP contribution is -2.40. The molecule has 0 amide bonds. The van der Waals surface area contributed by atoms with Gasteiger partial charge in [-0.1, -0.05) is 29.8 Å². The van der Waals surface area contributed by atoms with E-state index in [1.165, 1.54) is 0 Å². The number of nitrogens with one attached hydrogen (secondary N) is 1. The van der Waals surface area contributed by atoms with Gasteiger partial charge in [-0.05, 0) is 39.7 Å². The van der Waals surface area contributed by atoms with Gasteiger partial charge < -0.3 is 14.8 Å². The summed E-state index contributed by atoms with van der Waals surface area (Å²) in [6.07, 6.45) is 2.13. The van der Waals surface area contributed by atoms with Gasteiger partial charge in [0.05, 0.1) is 12.2 Å². The molecule has 1 aliphatic heterocycles. The Morgan fingerprint density at radius 2 is 1.95 bits per heavy atom. The molecule has 21 heavy (non-hydrogen) atoms. The van der Waals surface area contributed by atoms with Gasteiger partial charge in [0.15, 0.2) is 0 Å². The van der Waals surface area contributed by atoms with Crippen molar-refractivity contribution in [2.75, 3.05) is 19.8 Å². The third kappa shape index (κ3) is 5.59. The number of halogens is 1. The largest absolute Gasteiger partial charge is 0.381 e. The van der Waals surface area contributed by atoms with E-state index in [0.29, 0.717) is 0 Å². The van der Waals surface area contributed by atoms with Crippen molar-refractivity contribution < 1.29 is 9.47 Å². The Balaban J connectivity index is 2.07. The summed E-state index contributed by atoms with van der Waals surface area (Å²) in [4.78, 5) is 0. The fourth-order valence-electron chi connectivity index (χ4n) is 2.41. The molecule has 3 nitrogen and oxygen atoms in total. The van der Waals surface area contributed by atoms with E-state index in [4.69, 9.17) is 21.1 Å². The highest BCUT2D eigenvalue weighted by atomic mass is 35.5. The quantitative estimate of drug-likeness (QED) is 0.892. The Bertz CT molecular complexity index is 439. The first-order valence-electron chi connectivity index (χ1n) is 7.68. The van der Waals surface area contributed by atoms with Crippen LogP contribution in [0, 0.1) is 0 Å². The second-order valence-corrected chi connectivity index (χ2v) is 7.00. The predicted molar refractivity (Wildman–Crippen MR) is 86.9 cm³/mol. The van der Waals surface area contributed by atoms with E-state index >= 15 is 0 Å². The molecule has 1 N–H and O–H groups in total. The summed E-state index contributed by atoms with van der Waals surface area (Å²) in [6, 6.07) is 7.94. The van der Waals surface area contributed by atoms with E-state index in [9.17, 15) is 0 Å². The maximum absolute atomic E-state index is 6.35. The summed E-state index contributed by atoms with van der Waals surface area (Å²) in [5, 5.41) is 4.29. The highest BCUT2D eigenvalue weighted by Gasteiger charge is 2.23. The van der Waals surface area contributed by atoms with Gasteiger partial charge >= 0.3 is 0 Å². The number of rotatable bonds is 5. The second kappa shape index (κ2) is 7.59. The molecule has 1 aromatic rings. The van der Waals surface area contributed by atoms with Crippen LogP contribution in [0.15, 0.2) is 24.3 Å². The van der Waals surface area contributed by atoms with Gasteiger partial charge in [-0.3, -0.25) is 0 Å². The van der Waals surface area contributed by atoms with Gasteiger partial charge in [-0.25, -0.2) is 0 Å². The third-order valence-electron chi connectivity index (χ3n) is 3.59. The lowest BCUT2D eigenvalue weighted by molar-refractivity contribution is -0.0701. The van der Waals surface area contributed by atoms with Gasteiger partial charge in [-0.15, -0.1) is 0 Å². The lowest BCUT2D eigenvalue weighted by Gasteiger charge is -2.31. The Labute approximate surface area is 133 Å². The van der Waals surface area contributed by atoms with Crippen molar-refractivity contribution in [2.45, 2.75) is 51.4 Å². The van der Waals surface area contributed by atoms with Crippen LogP contribution in [0.1, 0.15) is 45.3 Å². The van der Waals surface area contributed by atoms with E-state index < -0.39 is 0 Å². The number of benzene rings is 1. The molecule has 1 fully saturated rings. The maximum atomic E-state index is 6.35. The monoisotopic (exact) mass is 311 g/mol. The molecule has 0 spiro atoms. The molecule has 1 heterocycles. The van der Waals surface area contributed by atoms with Crippen LogP contribution in [0.5, 0.6) is 0 Å². The Kier molecular flexibility index (Phi) is 6.06. The Morgan fingerprint density at radius 1 is 1.29 bits per heavy atom. The Morgan fingerprint density at radius 3 is 2.57 bits per heavy atom. The van der Waals surface area contributed by atoms with Crippen LogP contribution < -0.4 is 5.32 Å². The van der Waals surface area contributed by atoms with Crippen molar-refractivity contribution in [3.8, 4) is 0 Å². The highest BCUT2D eigenvalue weighted by molar-refractivity contribution is 6.31. The van der Waals surface area contributed by atoms with Crippen molar-refractivity contribution >= 4 is 11.6 Å². The van der Waals surface area contributed by atoms with Gasteiger partial charge in [0.25, 0.3) is 0 Å². The standard InChI is InChI=1S/C17H26ClNO2/c1-17(2,3)19-12-16(14-6-4-5-7-15(14)18)21-13-8-10-20-11-9-13/h4-7,13,16,19H,8-12H2,1-3H3. The molecule has 0 bridgehead atoms. The molecule has 1 saturated heterocycles. The average Bonchev–Trinajstić information content (AvgIpc) is 2.44. The van der Waals surface area contributed by atoms with Crippen LogP contribution in [0.25, 0.3) is 0 Å². The van der Waals surface area contributed by atoms with E-state index in [-0.39, 0.29) is 17.7 Å². The van der Waals surface area contributed by atoms with Crippen LogP contribution in [-0.4, -0.2) is 31.4 Å². The summed E-state index contributed by atoms with van der Waals surface area (Å²) < 4.78 is 11.7. The van der Waals surface area contributed by atoms with Crippen molar-refractivity contribution in [1.82, 2.24) is 5.32 Å². The number of hydrogen-bond acceptors (Lipinski definition) is 3. The van der Waals surface area contributed by atoms with Crippen LogP contribution in [0.4, 0.5) is 0 Å². The predicted octanol–water partition coefficient (Wildman–Crippen LogP) is 3.96. The molecule has 0 radical (unpaired) electrons. The minimum absolute atomic E-state index is 0.0268. The first-order chi connectivity index (χ1) is 9.96. The highest BCUT2D eigenvalue weighted by Crippen LogP contribution is 2.28. The van der Waals surface area contributed by atoms with E-state index in [2.05, 4.69) is 32.2 Å². The SMILES string of the molecule is CC(C)(C)NCC(OC1CCOCC1)c1ccccc1Cl. The molecule has 0 aromatic heterocycles. The van der Waals surface area contributed by atoms with Crippen molar-refractivity contribution in [1.29, 1.82) is 0 Å². The average molecular weight is 312 g/mol. The van der Waals surface area contributed by atoms with Crippen molar-refractivity contribution in [3.05, 3.63) is 34.9 Å². The Hall–Kier alpha value is -0.610. The van der Waals surface area contributed by atoms with Crippen molar-refractivity contribution in [3.63, 3.8) is 0 Å². The van der Waals surface area contributed by atoms with Crippen LogP contribution in [0.3, 0.4) is 0 Å². The van der Waals surface area contributed by atoms with Crippen molar-refractivity contribution in [2.24, 2.45) is 0 Å². The molecule has 118 valence electrons. The molecule has 0 saturated carbocycles. The molecule has 2 rings (SSSR count). The molecule has 4 heteroatoms.